The number of rotatable bonds is 7. The van der Waals surface area contributed by atoms with Gasteiger partial charge in [0.05, 0.1) is 20.0 Å². The Morgan fingerprint density at radius 3 is 2.44 bits per heavy atom. The number of nitrogens with one attached hydrogen (secondary N) is 1. The second kappa shape index (κ2) is 9.87. The van der Waals surface area contributed by atoms with Crippen LogP contribution >= 0.6 is 0 Å². The Balaban J connectivity index is 1.75. The summed E-state index contributed by atoms with van der Waals surface area (Å²) in [6, 6.07) is 17.7. The van der Waals surface area contributed by atoms with Crippen LogP contribution in [0.25, 0.3) is 27.7 Å². The molecule has 0 saturated carbocycles. The molecule has 5 nitrogen and oxygen atoms in total. The first-order chi connectivity index (χ1) is 16.4. The Bertz CT molecular complexity index is 1360. The highest BCUT2D eigenvalue weighted by molar-refractivity contribution is 6.05. The molecule has 0 bridgehead atoms. The van der Waals surface area contributed by atoms with Gasteiger partial charge in [-0.05, 0) is 68.7 Å². The molecule has 0 fully saturated rings. The number of hydrogen-bond donors (Lipinski definition) is 1. The number of anilines is 1. The summed E-state index contributed by atoms with van der Waals surface area (Å²) in [6.45, 7) is 8.37. The average molecular weight is 456 g/mol. The van der Waals surface area contributed by atoms with Crippen molar-refractivity contribution < 1.29 is 18.7 Å². The van der Waals surface area contributed by atoms with Crippen molar-refractivity contribution in [2.75, 3.05) is 19.0 Å². The molecule has 0 radical (unpaired) electrons. The van der Waals surface area contributed by atoms with E-state index in [1.807, 2.05) is 76.2 Å². The van der Waals surface area contributed by atoms with Crippen molar-refractivity contribution in [3.63, 3.8) is 0 Å². The lowest BCUT2D eigenvalue weighted by molar-refractivity contribution is -0.111. The van der Waals surface area contributed by atoms with Crippen LogP contribution in [0.4, 0.5) is 5.69 Å². The molecule has 174 valence electrons. The van der Waals surface area contributed by atoms with Gasteiger partial charge in [-0.1, -0.05) is 24.3 Å². The topological polar surface area (TPSA) is 60.7 Å². The fourth-order valence-corrected chi connectivity index (χ4v) is 4.21. The van der Waals surface area contributed by atoms with Gasteiger partial charge in [-0.2, -0.15) is 0 Å². The van der Waals surface area contributed by atoms with Crippen LogP contribution in [0.1, 0.15) is 30.5 Å². The minimum atomic E-state index is -0.192. The minimum absolute atomic E-state index is 0.192. The van der Waals surface area contributed by atoms with Crippen molar-refractivity contribution in [1.82, 2.24) is 0 Å². The molecule has 34 heavy (non-hydrogen) atoms. The third kappa shape index (κ3) is 4.84. The molecule has 0 unspecified atom stereocenters. The van der Waals surface area contributed by atoms with Crippen LogP contribution in [-0.2, 0) is 4.79 Å². The zero-order valence-electron chi connectivity index (χ0n) is 20.2. The summed E-state index contributed by atoms with van der Waals surface area (Å²) in [5.41, 5.74) is 7.17. The predicted octanol–water partition coefficient (Wildman–Crippen LogP) is 7.17. The largest absolute Gasteiger partial charge is 0.496 e. The maximum absolute atomic E-state index is 12.8. The van der Waals surface area contributed by atoms with E-state index < -0.39 is 0 Å². The normalized spacial score (nSPS) is 11.5. The Kier molecular flexibility index (Phi) is 6.73. The SMILES string of the molecule is CCOc1cc2occ(-c3ccccc3OC)c2cc1/C(C)=C/C(=O)Nc1cc(C)cc(C)c1. The highest BCUT2D eigenvalue weighted by Gasteiger charge is 2.17. The number of para-hydroxylation sites is 1. The highest BCUT2D eigenvalue weighted by atomic mass is 16.5. The third-order valence-electron chi connectivity index (χ3n) is 5.63. The molecule has 0 aliphatic heterocycles. The smallest absolute Gasteiger partial charge is 0.248 e. The van der Waals surface area contributed by atoms with Crippen LogP contribution in [0.3, 0.4) is 0 Å². The van der Waals surface area contributed by atoms with Gasteiger partial charge in [-0.25, -0.2) is 0 Å². The van der Waals surface area contributed by atoms with Crippen molar-refractivity contribution in [1.29, 1.82) is 0 Å². The zero-order valence-corrected chi connectivity index (χ0v) is 20.2. The summed E-state index contributed by atoms with van der Waals surface area (Å²) in [6.07, 6.45) is 3.33. The lowest BCUT2D eigenvalue weighted by Crippen LogP contribution is -2.09. The van der Waals surface area contributed by atoms with Gasteiger partial charge in [-0.3, -0.25) is 4.79 Å². The Labute approximate surface area is 200 Å². The molecule has 0 saturated heterocycles. The molecule has 1 heterocycles. The maximum Gasteiger partial charge on any atom is 0.248 e. The summed E-state index contributed by atoms with van der Waals surface area (Å²) in [4.78, 5) is 12.8. The summed E-state index contributed by atoms with van der Waals surface area (Å²) in [5.74, 6) is 1.24. The van der Waals surface area contributed by atoms with Gasteiger partial charge >= 0.3 is 0 Å². The first kappa shape index (κ1) is 23.2. The van der Waals surface area contributed by atoms with Crippen LogP contribution in [-0.4, -0.2) is 19.6 Å². The first-order valence-electron chi connectivity index (χ1n) is 11.3. The van der Waals surface area contributed by atoms with Gasteiger partial charge in [-0.15, -0.1) is 0 Å². The highest BCUT2D eigenvalue weighted by Crippen LogP contribution is 2.40. The number of amides is 1. The molecule has 5 heteroatoms. The molecule has 1 amide bonds. The third-order valence-corrected chi connectivity index (χ3v) is 5.63. The van der Waals surface area contributed by atoms with Crippen molar-refractivity contribution >= 4 is 28.1 Å². The van der Waals surface area contributed by atoms with E-state index in [2.05, 4.69) is 11.4 Å². The Hall–Kier alpha value is -3.99. The average Bonchev–Trinajstić information content (AvgIpc) is 3.20. The number of methoxy groups -OCH3 is 1. The van der Waals surface area contributed by atoms with Gasteiger partial charge in [0, 0.05) is 39.9 Å². The van der Waals surface area contributed by atoms with Crippen LogP contribution < -0.4 is 14.8 Å². The summed E-state index contributed by atoms with van der Waals surface area (Å²) in [5, 5.41) is 3.89. The van der Waals surface area contributed by atoms with Gasteiger partial charge in [0.2, 0.25) is 5.91 Å². The number of carbonyl (C=O) groups is 1. The lowest BCUT2D eigenvalue weighted by Gasteiger charge is -2.12. The maximum atomic E-state index is 12.8. The van der Waals surface area contributed by atoms with Crippen LogP contribution in [0.15, 0.2) is 71.4 Å². The molecule has 3 aromatic carbocycles. The molecule has 4 aromatic rings. The number of fused-ring (bicyclic) bond motifs is 1. The summed E-state index contributed by atoms with van der Waals surface area (Å²) in [7, 11) is 1.65. The molecule has 1 aromatic heterocycles. The van der Waals surface area contributed by atoms with Crippen molar-refractivity contribution in [3.8, 4) is 22.6 Å². The first-order valence-corrected chi connectivity index (χ1v) is 11.3. The summed E-state index contributed by atoms with van der Waals surface area (Å²) < 4.78 is 17.3. The lowest BCUT2D eigenvalue weighted by atomic mass is 9.98. The fraction of sp³-hybridized carbons (Fsp3) is 0.207. The van der Waals surface area contributed by atoms with E-state index in [-0.39, 0.29) is 5.91 Å². The van der Waals surface area contributed by atoms with E-state index in [9.17, 15) is 4.79 Å². The molecule has 0 aliphatic rings. The Morgan fingerprint density at radius 1 is 1.00 bits per heavy atom. The number of hydrogen-bond acceptors (Lipinski definition) is 4. The fourth-order valence-electron chi connectivity index (χ4n) is 4.21. The molecule has 1 N–H and O–H groups in total. The van der Waals surface area contributed by atoms with Crippen LogP contribution in [0.2, 0.25) is 0 Å². The number of furan rings is 1. The quantitative estimate of drug-likeness (QED) is 0.300. The Morgan fingerprint density at radius 2 is 1.74 bits per heavy atom. The number of aryl methyl sites for hydroxylation is 2. The predicted molar refractivity (Wildman–Crippen MR) is 138 cm³/mol. The van der Waals surface area contributed by atoms with E-state index in [0.717, 1.165) is 50.2 Å². The van der Waals surface area contributed by atoms with Crippen molar-refractivity contribution in [2.45, 2.75) is 27.7 Å². The molecule has 0 spiro atoms. The second-order valence-corrected chi connectivity index (χ2v) is 8.32. The van der Waals surface area contributed by atoms with Crippen molar-refractivity contribution in [3.05, 3.63) is 83.6 Å². The molecular formula is C29H29NO4. The number of allylic oxidation sites excluding steroid dienone is 1. The minimum Gasteiger partial charge on any atom is -0.496 e. The zero-order chi connectivity index (χ0) is 24.2. The van der Waals surface area contributed by atoms with Crippen molar-refractivity contribution in [2.24, 2.45) is 0 Å². The van der Waals surface area contributed by atoms with Gasteiger partial charge in [0.15, 0.2) is 0 Å². The number of carbonyl (C=O) groups excluding carboxylic acids is 1. The molecule has 4 rings (SSSR count). The molecule has 0 aliphatic carbocycles. The van der Waals surface area contributed by atoms with E-state index in [0.29, 0.717) is 17.9 Å². The standard InChI is InChI=1S/C29H29NO4/c1-6-33-27-16-28-24(25(17-34-28)22-9-7-8-10-26(22)32-5)15-23(27)20(4)14-29(31)30-21-12-18(2)11-19(3)13-21/h7-17H,6H2,1-5H3,(H,30,31)/b20-14+. The van der Waals surface area contributed by atoms with E-state index in [1.54, 1.807) is 19.4 Å². The van der Waals surface area contributed by atoms with Crippen LogP contribution in [0.5, 0.6) is 11.5 Å². The molecular weight excluding hydrogens is 426 g/mol. The number of ether oxygens (including phenoxy) is 2. The van der Waals surface area contributed by atoms with Gasteiger partial charge < -0.3 is 19.2 Å². The van der Waals surface area contributed by atoms with Gasteiger partial charge in [0.1, 0.15) is 17.1 Å². The monoisotopic (exact) mass is 455 g/mol. The summed E-state index contributed by atoms with van der Waals surface area (Å²) >= 11 is 0. The van der Waals surface area contributed by atoms with E-state index >= 15 is 0 Å². The second-order valence-electron chi connectivity index (χ2n) is 8.32. The van der Waals surface area contributed by atoms with E-state index in [4.69, 9.17) is 13.9 Å². The molecule has 0 atom stereocenters. The number of benzene rings is 3. The van der Waals surface area contributed by atoms with E-state index in [1.165, 1.54) is 0 Å². The van der Waals surface area contributed by atoms with Crippen LogP contribution in [0, 0.1) is 13.8 Å². The van der Waals surface area contributed by atoms with Gasteiger partial charge in [0.25, 0.3) is 0 Å².